The highest BCUT2D eigenvalue weighted by Gasteiger charge is 2.70. The number of hydrogen-bond acceptors (Lipinski definition) is 4. The van der Waals surface area contributed by atoms with E-state index in [1.54, 1.807) is 0 Å². The van der Waals surface area contributed by atoms with E-state index < -0.39 is 10.8 Å². The summed E-state index contributed by atoms with van der Waals surface area (Å²) in [5.41, 5.74) is -0.924. The van der Waals surface area contributed by atoms with Gasteiger partial charge < -0.3 is 9.47 Å². The smallest absolute Gasteiger partial charge is 0.312 e. The second kappa shape index (κ2) is 9.20. The number of carbonyl (C=O) groups excluding carboxylic acids is 2. The molecule has 4 fully saturated rings. The Kier molecular flexibility index (Phi) is 7.24. The first-order valence-corrected chi connectivity index (χ1v) is 12.6. The third kappa shape index (κ3) is 4.88. The molecule has 0 aromatic carbocycles. The molecule has 4 nitrogen and oxygen atoms in total. The zero-order chi connectivity index (χ0) is 21.9. The van der Waals surface area contributed by atoms with Gasteiger partial charge in [-0.05, 0) is 62.2 Å². The van der Waals surface area contributed by atoms with Crippen LogP contribution in [0.15, 0.2) is 0 Å². The molecule has 4 heteroatoms. The van der Waals surface area contributed by atoms with Crippen molar-refractivity contribution < 1.29 is 19.1 Å². The van der Waals surface area contributed by atoms with Gasteiger partial charge in [0.25, 0.3) is 0 Å². The van der Waals surface area contributed by atoms with Crippen molar-refractivity contribution in [1.29, 1.82) is 0 Å². The van der Waals surface area contributed by atoms with Crippen molar-refractivity contribution in [3.8, 4) is 0 Å². The lowest BCUT2D eigenvalue weighted by atomic mass is 9.36. The fourth-order valence-electron chi connectivity index (χ4n) is 7.82. The van der Waals surface area contributed by atoms with Gasteiger partial charge in [-0.15, -0.1) is 0 Å². The normalized spacial score (nSPS) is 36.7. The molecule has 4 aliphatic carbocycles. The molecule has 4 rings (SSSR count). The monoisotopic (exact) mass is 420 g/mol. The molecular weight excluding hydrogens is 376 g/mol. The van der Waals surface area contributed by atoms with Gasteiger partial charge in [0.15, 0.2) is 0 Å². The minimum atomic E-state index is -0.496. The zero-order valence-corrected chi connectivity index (χ0v) is 19.9. The minimum absolute atomic E-state index is 0.0337. The average molecular weight is 421 g/mol. The maximum absolute atomic E-state index is 13.3. The third-order valence-corrected chi connectivity index (χ3v) is 7.92. The predicted octanol–water partition coefficient (Wildman–Crippen LogP) is 6.60. The Balaban J connectivity index is 1.69. The summed E-state index contributed by atoms with van der Waals surface area (Å²) in [6.07, 6.45) is 14.1. The molecule has 4 aliphatic rings. The van der Waals surface area contributed by atoms with E-state index in [9.17, 15) is 9.59 Å². The lowest BCUT2D eigenvalue weighted by Gasteiger charge is -2.67. The molecule has 0 saturated heterocycles. The first kappa shape index (κ1) is 23.6. The summed E-state index contributed by atoms with van der Waals surface area (Å²) in [4.78, 5) is 26.7. The first-order chi connectivity index (χ1) is 14.2. The molecule has 0 N–H and O–H groups in total. The highest BCUT2D eigenvalue weighted by atomic mass is 16.5. The van der Waals surface area contributed by atoms with Crippen LogP contribution >= 0.6 is 0 Å². The molecule has 172 valence electrons. The molecule has 4 bridgehead atoms. The molecule has 0 aromatic heterocycles. The molecule has 0 spiro atoms. The Labute approximate surface area is 183 Å². The summed E-state index contributed by atoms with van der Waals surface area (Å²) in [7, 11) is 0. The van der Waals surface area contributed by atoms with E-state index in [1.165, 1.54) is 25.7 Å². The average Bonchev–Trinajstić information content (AvgIpc) is 2.64. The zero-order valence-electron chi connectivity index (χ0n) is 19.9. The SMILES string of the molecule is CCCCCCOC(=O)C12CC3(C)CC(C)(C1)CC(C(=O)OCCCCCC)(C3)C2. The van der Waals surface area contributed by atoms with Crippen LogP contribution in [0.4, 0.5) is 0 Å². The first-order valence-electron chi connectivity index (χ1n) is 12.6. The van der Waals surface area contributed by atoms with Crippen molar-refractivity contribution in [2.24, 2.45) is 21.7 Å². The Hall–Kier alpha value is -1.06. The second-order valence-electron chi connectivity index (χ2n) is 11.6. The highest BCUT2D eigenvalue weighted by molar-refractivity contribution is 5.83. The standard InChI is InChI=1S/C26H44O4/c1-5-7-9-11-13-29-21(27)25-16-23(3)15-24(4,17-25)19-26(18-23,20-25)22(28)30-14-12-10-8-6-2/h5-20H2,1-4H3. The van der Waals surface area contributed by atoms with E-state index in [2.05, 4.69) is 27.7 Å². The van der Waals surface area contributed by atoms with Crippen LogP contribution in [0.5, 0.6) is 0 Å². The number of unbranched alkanes of at least 4 members (excludes halogenated alkanes) is 6. The number of ether oxygens (including phenoxy) is 2. The topological polar surface area (TPSA) is 52.6 Å². The number of esters is 2. The second-order valence-corrected chi connectivity index (χ2v) is 11.6. The molecule has 0 amide bonds. The van der Waals surface area contributed by atoms with E-state index in [4.69, 9.17) is 9.47 Å². The van der Waals surface area contributed by atoms with Gasteiger partial charge in [-0.3, -0.25) is 9.59 Å². The van der Waals surface area contributed by atoms with Gasteiger partial charge in [-0.25, -0.2) is 0 Å². The van der Waals surface area contributed by atoms with E-state index in [1.807, 2.05) is 0 Å². The molecule has 4 saturated carbocycles. The van der Waals surface area contributed by atoms with Crippen molar-refractivity contribution in [2.45, 2.75) is 118 Å². The lowest BCUT2D eigenvalue weighted by molar-refractivity contribution is -0.221. The van der Waals surface area contributed by atoms with E-state index in [0.29, 0.717) is 19.6 Å². The van der Waals surface area contributed by atoms with Gasteiger partial charge in [0.05, 0.1) is 24.0 Å². The van der Waals surface area contributed by atoms with Gasteiger partial charge in [-0.2, -0.15) is 0 Å². The van der Waals surface area contributed by atoms with Gasteiger partial charge in [0.2, 0.25) is 0 Å². The summed E-state index contributed by atoms with van der Waals surface area (Å²) in [6, 6.07) is 0. The summed E-state index contributed by atoms with van der Waals surface area (Å²) in [6.45, 7) is 9.98. The van der Waals surface area contributed by atoms with Gasteiger partial charge in [-0.1, -0.05) is 66.2 Å². The molecule has 30 heavy (non-hydrogen) atoms. The summed E-state index contributed by atoms with van der Waals surface area (Å²) < 4.78 is 11.6. The minimum Gasteiger partial charge on any atom is -0.465 e. The molecule has 0 unspecified atom stereocenters. The van der Waals surface area contributed by atoms with E-state index in [-0.39, 0.29) is 22.8 Å². The van der Waals surface area contributed by atoms with Crippen LogP contribution in [-0.4, -0.2) is 25.2 Å². The fourth-order valence-corrected chi connectivity index (χ4v) is 7.82. The Morgan fingerprint density at radius 1 is 0.600 bits per heavy atom. The quantitative estimate of drug-likeness (QED) is 0.264. The number of carbonyl (C=O) groups is 2. The van der Waals surface area contributed by atoms with Crippen molar-refractivity contribution in [1.82, 2.24) is 0 Å². The predicted molar refractivity (Wildman–Crippen MR) is 119 cm³/mol. The van der Waals surface area contributed by atoms with Crippen LogP contribution in [0.25, 0.3) is 0 Å². The van der Waals surface area contributed by atoms with E-state index >= 15 is 0 Å². The Morgan fingerprint density at radius 3 is 1.37 bits per heavy atom. The largest absolute Gasteiger partial charge is 0.465 e. The van der Waals surface area contributed by atoms with Crippen molar-refractivity contribution in [3.05, 3.63) is 0 Å². The van der Waals surface area contributed by atoms with Crippen LogP contribution in [-0.2, 0) is 19.1 Å². The lowest BCUT2D eigenvalue weighted by Crippen LogP contribution is -2.64. The molecule has 0 radical (unpaired) electrons. The van der Waals surface area contributed by atoms with Crippen LogP contribution in [0.1, 0.15) is 118 Å². The van der Waals surface area contributed by atoms with Gasteiger partial charge >= 0.3 is 11.9 Å². The van der Waals surface area contributed by atoms with Gasteiger partial charge in [0.1, 0.15) is 0 Å². The maximum atomic E-state index is 13.3. The summed E-state index contributed by atoms with van der Waals surface area (Å²) in [5.74, 6) is -0.0914. The highest BCUT2D eigenvalue weighted by Crippen LogP contribution is 2.74. The molecule has 0 heterocycles. The molecule has 0 aromatic rings. The molecule has 0 aliphatic heterocycles. The maximum Gasteiger partial charge on any atom is 0.312 e. The van der Waals surface area contributed by atoms with Crippen LogP contribution in [0, 0.1) is 21.7 Å². The Morgan fingerprint density at radius 2 is 1.00 bits per heavy atom. The molecular formula is C26H44O4. The van der Waals surface area contributed by atoms with Gasteiger partial charge in [0, 0.05) is 0 Å². The van der Waals surface area contributed by atoms with Crippen molar-refractivity contribution in [2.75, 3.05) is 13.2 Å². The van der Waals surface area contributed by atoms with Crippen LogP contribution in [0.2, 0.25) is 0 Å². The number of hydrogen-bond donors (Lipinski definition) is 0. The molecule has 0 atom stereocenters. The third-order valence-electron chi connectivity index (χ3n) is 7.92. The van der Waals surface area contributed by atoms with Crippen molar-refractivity contribution in [3.63, 3.8) is 0 Å². The van der Waals surface area contributed by atoms with Crippen molar-refractivity contribution >= 4 is 11.9 Å². The summed E-state index contributed by atoms with van der Waals surface area (Å²) in [5, 5.41) is 0. The van der Waals surface area contributed by atoms with Crippen LogP contribution < -0.4 is 0 Å². The fraction of sp³-hybridized carbons (Fsp3) is 0.923. The van der Waals surface area contributed by atoms with E-state index in [0.717, 1.165) is 57.8 Å². The number of rotatable bonds is 12. The Bertz CT molecular complexity index is 559. The van der Waals surface area contributed by atoms with Crippen LogP contribution in [0.3, 0.4) is 0 Å². The summed E-state index contributed by atoms with van der Waals surface area (Å²) >= 11 is 0.